The summed E-state index contributed by atoms with van der Waals surface area (Å²) >= 11 is 0. The van der Waals surface area contributed by atoms with Gasteiger partial charge < -0.3 is 14.5 Å². The number of fused-ring (bicyclic) bond motifs is 2. The van der Waals surface area contributed by atoms with E-state index < -0.39 is 11.9 Å². The Morgan fingerprint density at radius 2 is 2.04 bits per heavy atom. The zero-order valence-electron chi connectivity index (χ0n) is 13.7. The molecule has 0 radical (unpaired) electrons. The number of aryl methyl sites for hydroxylation is 2. The molecule has 3 aromatic rings. The Balaban J connectivity index is 1.86. The zero-order valence-corrected chi connectivity index (χ0v) is 13.7. The Morgan fingerprint density at radius 1 is 1.28 bits per heavy atom. The number of aliphatic carboxylic acids is 1. The Bertz CT molecular complexity index is 1020. The van der Waals surface area contributed by atoms with Crippen LogP contribution >= 0.6 is 0 Å². The van der Waals surface area contributed by atoms with Crippen molar-refractivity contribution in [2.45, 2.75) is 19.8 Å². The van der Waals surface area contributed by atoms with Crippen molar-refractivity contribution in [3.8, 4) is 0 Å². The first-order valence-corrected chi connectivity index (χ1v) is 7.84. The fourth-order valence-electron chi connectivity index (χ4n) is 3.34. The quantitative estimate of drug-likeness (QED) is 0.772. The minimum absolute atomic E-state index is 0.0979. The molecular formula is C18H15N3O4. The number of rotatable bonds is 2. The van der Waals surface area contributed by atoms with E-state index in [9.17, 15) is 14.7 Å². The van der Waals surface area contributed by atoms with Crippen molar-refractivity contribution in [3.63, 3.8) is 0 Å². The normalized spacial score (nSPS) is 16.2. The van der Waals surface area contributed by atoms with Gasteiger partial charge in [-0.1, -0.05) is 23.4 Å². The number of nitrogens with zero attached hydrogens (tertiary/aromatic N) is 3. The average molecular weight is 337 g/mol. The van der Waals surface area contributed by atoms with E-state index in [1.165, 1.54) is 4.90 Å². The number of anilines is 1. The number of hydrogen-bond acceptors (Lipinski definition) is 5. The van der Waals surface area contributed by atoms with Crippen molar-refractivity contribution in [2.75, 3.05) is 11.4 Å². The van der Waals surface area contributed by atoms with Crippen LogP contribution in [0, 0.1) is 13.8 Å². The highest BCUT2D eigenvalue weighted by Gasteiger charge is 2.37. The predicted molar refractivity (Wildman–Crippen MR) is 89.8 cm³/mol. The molecule has 7 nitrogen and oxygen atoms in total. The molecule has 2 aromatic heterocycles. The van der Waals surface area contributed by atoms with E-state index in [1.54, 1.807) is 44.2 Å². The van der Waals surface area contributed by atoms with Gasteiger partial charge in [0.15, 0.2) is 0 Å². The lowest BCUT2D eigenvalue weighted by Crippen LogP contribution is -2.31. The van der Waals surface area contributed by atoms with Crippen LogP contribution in [0.2, 0.25) is 0 Å². The number of para-hydroxylation sites is 1. The van der Waals surface area contributed by atoms with Crippen LogP contribution in [0.1, 0.15) is 33.2 Å². The molecule has 0 aliphatic carbocycles. The van der Waals surface area contributed by atoms with Crippen LogP contribution in [-0.4, -0.2) is 33.7 Å². The molecule has 1 N–H and O–H groups in total. The molecule has 0 fully saturated rings. The lowest BCUT2D eigenvalue weighted by Gasteiger charge is -2.18. The van der Waals surface area contributed by atoms with E-state index in [0.717, 1.165) is 0 Å². The maximum atomic E-state index is 13.2. The molecule has 1 unspecified atom stereocenters. The minimum Gasteiger partial charge on any atom is -0.481 e. The maximum absolute atomic E-state index is 13.2. The first-order valence-electron chi connectivity index (χ1n) is 7.84. The number of carboxylic acid groups (broad SMARTS) is 1. The summed E-state index contributed by atoms with van der Waals surface area (Å²) in [6.45, 7) is 3.62. The van der Waals surface area contributed by atoms with Gasteiger partial charge in [0.25, 0.3) is 11.6 Å². The molecule has 25 heavy (non-hydrogen) atoms. The van der Waals surface area contributed by atoms with Crippen LogP contribution in [-0.2, 0) is 4.79 Å². The van der Waals surface area contributed by atoms with Gasteiger partial charge in [0.2, 0.25) is 0 Å². The van der Waals surface area contributed by atoms with Crippen LogP contribution < -0.4 is 4.90 Å². The van der Waals surface area contributed by atoms with Crippen molar-refractivity contribution in [1.82, 2.24) is 10.1 Å². The summed E-state index contributed by atoms with van der Waals surface area (Å²) in [6.07, 6.45) is 0. The Labute approximate surface area is 142 Å². The molecule has 1 atom stereocenters. The molecule has 0 bridgehead atoms. The average Bonchev–Trinajstić information content (AvgIpc) is 3.15. The third-order valence-corrected chi connectivity index (χ3v) is 4.49. The first kappa shape index (κ1) is 15.3. The van der Waals surface area contributed by atoms with Gasteiger partial charge in [0, 0.05) is 17.9 Å². The number of aromatic nitrogens is 2. The molecule has 0 saturated carbocycles. The molecule has 1 amide bonds. The summed E-state index contributed by atoms with van der Waals surface area (Å²) in [4.78, 5) is 30.6. The lowest BCUT2D eigenvalue weighted by molar-refractivity contribution is -0.138. The zero-order chi connectivity index (χ0) is 17.7. The second-order valence-electron chi connectivity index (χ2n) is 6.12. The van der Waals surface area contributed by atoms with Gasteiger partial charge in [-0.3, -0.25) is 9.59 Å². The molecule has 3 heterocycles. The van der Waals surface area contributed by atoms with Crippen molar-refractivity contribution < 1.29 is 19.2 Å². The molecule has 0 spiro atoms. The second-order valence-corrected chi connectivity index (χ2v) is 6.12. The van der Waals surface area contributed by atoms with Crippen LogP contribution in [0.15, 0.2) is 34.9 Å². The molecule has 1 aliphatic heterocycles. The van der Waals surface area contributed by atoms with E-state index in [2.05, 4.69) is 10.1 Å². The number of carbonyl (C=O) groups is 2. The van der Waals surface area contributed by atoms with E-state index in [1.807, 2.05) is 0 Å². The van der Waals surface area contributed by atoms with Gasteiger partial charge in [-0.2, -0.15) is 0 Å². The highest BCUT2D eigenvalue weighted by molar-refractivity contribution is 6.15. The van der Waals surface area contributed by atoms with Crippen molar-refractivity contribution >= 4 is 28.7 Å². The topological polar surface area (TPSA) is 96.5 Å². The van der Waals surface area contributed by atoms with Crippen molar-refractivity contribution in [3.05, 3.63) is 52.8 Å². The van der Waals surface area contributed by atoms with Gasteiger partial charge in [0.1, 0.15) is 5.92 Å². The van der Waals surface area contributed by atoms with E-state index in [4.69, 9.17) is 4.52 Å². The van der Waals surface area contributed by atoms with E-state index >= 15 is 0 Å². The van der Waals surface area contributed by atoms with Gasteiger partial charge >= 0.3 is 5.97 Å². The number of hydrogen-bond donors (Lipinski definition) is 1. The Morgan fingerprint density at radius 3 is 2.80 bits per heavy atom. The van der Waals surface area contributed by atoms with Gasteiger partial charge in [-0.05, 0) is 31.5 Å². The Kier molecular flexibility index (Phi) is 3.31. The molecule has 126 valence electrons. The highest BCUT2D eigenvalue weighted by atomic mass is 16.5. The fourth-order valence-corrected chi connectivity index (χ4v) is 3.34. The fraction of sp³-hybridized carbons (Fsp3) is 0.222. The summed E-state index contributed by atoms with van der Waals surface area (Å²) < 4.78 is 5.19. The number of carbonyl (C=O) groups excluding carboxylic acids is 1. The first-order chi connectivity index (χ1) is 12.0. The molecular weight excluding hydrogens is 322 g/mol. The maximum Gasteiger partial charge on any atom is 0.312 e. The highest BCUT2D eigenvalue weighted by Crippen LogP contribution is 2.38. The standard InChI is InChI=1S/C18H15N3O4/c1-9-7-12(15-10(2)20-25-16(15)19-9)17(22)21-8-13(18(23)24)11-5-3-4-6-14(11)21/h3-7,13H,8H2,1-2H3,(H,23,24). The van der Waals surface area contributed by atoms with E-state index in [-0.39, 0.29) is 12.5 Å². The minimum atomic E-state index is -0.944. The predicted octanol–water partition coefficient (Wildman–Crippen LogP) is 2.67. The van der Waals surface area contributed by atoms with Gasteiger partial charge in [-0.15, -0.1) is 0 Å². The summed E-state index contributed by atoms with van der Waals surface area (Å²) in [5, 5.41) is 13.9. The van der Waals surface area contributed by atoms with Crippen molar-refractivity contribution in [2.24, 2.45) is 0 Å². The van der Waals surface area contributed by atoms with Crippen LogP contribution in [0.25, 0.3) is 11.1 Å². The monoisotopic (exact) mass is 337 g/mol. The summed E-state index contributed by atoms with van der Waals surface area (Å²) in [5.41, 5.74) is 3.21. The molecule has 4 rings (SSSR count). The van der Waals surface area contributed by atoms with Crippen LogP contribution in [0.3, 0.4) is 0 Å². The molecule has 7 heteroatoms. The summed E-state index contributed by atoms with van der Waals surface area (Å²) in [7, 11) is 0. The van der Waals surface area contributed by atoms with Crippen LogP contribution in [0.5, 0.6) is 0 Å². The lowest BCUT2D eigenvalue weighted by atomic mass is 10.0. The third kappa shape index (κ3) is 2.27. The smallest absolute Gasteiger partial charge is 0.312 e. The molecule has 0 saturated heterocycles. The van der Waals surface area contributed by atoms with Gasteiger partial charge in [0.05, 0.1) is 16.6 Å². The number of amides is 1. The number of benzene rings is 1. The number of pyridine rings is 1. The summed E-state index contributed by atoms with van der Waals surface area (Å²) in [5.74, 6) is -1.96. The SMILES string of the molecule is Cc1cc(C(=O)N2CC(C(=O)O)c3ccccc32)c2c(C)noc2n1. The molecule has 1 aromatic carbocycles. The summed E-state index contributed by atoms with van der Waals surface area (Å²) in [6, 6.07) is 8.77. The van der Waals surface area contributed by atoms with Gasteiger partial charge in [-0.25, -0.2) is 4.98 Å². The largest absolute Gasteiger partial charge is 0.481 e. The molecule has 1 aliphatic rings. The second kappa shape index (κ2) is 5.41. The Hall–Kier alpha value is -3.22. The van der Waals surface area contributed by atoms with E-state index in [0.29, 0.717) is 39.3 Å². The third-order valence-electron chi connectivity index (χ3n) is 4.49. The van der Waals surface area contributed by atoms with Crippen LogP contribution in [0.4, 0.5) is 5.69 Å². The van der Waals surface area contributed by atoms with Crippen molar-refractivity contribution in [1.29, 1.82) is 0 Å². The number of carboxylic acids is 1.